The first-order chi connectivity index (χ1) is 12.2. The second-order valence-electron chi connectivity index (χ2n) is 6.59. The van der Waals surface area contributed by atoms with Gasteiger partial charge in [0.15, 0.2) is 0 Å². The molecule has 0 N–H and O–H groups in total. The summed E-state index contributed by atoms with van der Waals surface area (Å²) in [5.74, 6) is -0.483. The third-order valence-corrected chi connectivity index (χ3v) is 3.81. The largest absolute Gasteiger partial charge is 0.462 e. The number of hydrogen-bond donors (Lipinski definition) is 0. The molecule has 142 valence electrons. The van der Waals surface area contributed by atoms with Gasteiger partial charge < -0.3 is 14.2 Å². The molecule has 0 spiro atoms. The van der Waals surface area contributed by atoms with Gasteiger partial charge in [-0.05, 0) is 57.9 Å². The zero-order chi connectivity index (χ0) is 19.7. The molecule has 0 unspecified atom stereocenters. The smallest absolute Gasteiger partial charge is 0.333 e. The van der Waals surface area contributed by atoms with Crippen LogP contribution in [0.5, 0.6) is 11.5 Å². The maximum absolute atomic E-state index is 12.0. The lowest BCUT2D eigenvalue weighted by Gasteiger charge is -2.20. The number of benzene rings is 1. The molecule has 0 amide bonds. The van der Waals surface area contributed by atoms with E-state index in [4.69, 9.17) is 14.2 Å². The van der Waals surface area contributed by atoms with Gasteiger partial charge in [0.1, 0.15) is 11.5 Å². The van der Waals surface area contributed by atoms with Crippen LogP contribution in [0.3, 0.4) is 0 Å². The first kappa shape index (κ1) is 21.4. The third kappa shape index (κ3) is 7.09. The van der Waals surface area contributed by atoms with E-state index >= 15 is 0 Å². The molecule has 0 bridgehead atoms. The molecule has 0 radical (unpaired) electrons. The topological polar surface area (TPSA) is 78.9 Å². The van der Waals surface area contributed by atoms with Gasteiger partial charge in [0.25, 0.3) is 0 Å². The summed E-state index contributed by atoms with van der Waals surface area (Å²) in [5.41, 5.74) is -0.241. The van der Waals surface area contributed by atoms with Crippen LogP contribution in [0.2, 0.25) is 0 Å². The Bertz CT molecular complexity index is 657. The molecular formula is C20H26O6. The average Bonchev–Trinajstić information content (AvgIpc) is 2.60. The molecule has 0 aromatic heterocycles. The SMILES string of the molecule is C=C(C)C(=O)OCCCC(=O)Oc1ccc(OC(=O)C(C)(C)CC)cc1. The van der Waals surface area contributed by atoms with Crippen molar-refractivity contribution in [2.24, 2.45) is 5.41 Å². The molecule has 0 aliphatic carbocycles. The number of carbonyl (C=O) groups is 3. The molecule has 0 aliphatic rings. The van der Waals surface area contributed by atoms with Crippen LogP contribution in [0.25, 0.3) is 0 Å². The van der Waals surface area contributed by atoms with Crippen molar-refractivity contribution in [3.05, 3.63) is 36.4 Å². The second kappa shape index (κ2) is 9.75. The highest BCUT2D eigenvalue weighted by Gasteiger charge is 2.27. The lowest BCUT2D eigenvalue weighted by atomic mass is 9.91. The highest BCUT2D eigenvalue weighted by molar-refractivity contribution is 5.86. The predicted molar refractivity (Wildman–Crippen MR) is 96.8 cm³/mol. The van der Waals surface area contributed by atoms with E-state index in [9.17, 15) is 14.4 Å². The van der Waals surface area contributed by atoms with Crippen LogP contribution in [0.15, 0.2) is 36.4 Å². The van der Waals surface area contributed by atoms with Gasteiger partial charge in [-0.2, -0.15) is 0 Å². The monoisotopic (exact) mass is 362 g/mol. The molecule has 0 heterocycles. The van der Waals surface area contributed by atoms with Crippen molar-refractivity contribution in [2.75, 3.05) is 6.61 Å². The quantitative estimate of drug-likeness (QED) is 0.287. The Balaban J connectivity index is 2.42. The molecule has 6 nitrogen and oxygen atoms in total. The van der Waals surface area contributed by atoms with Gasteiger partial charge in [0, 0.05) is 12.0 Å². The van der Waals surface area contributed by atoms with Crippen LogP contribution in [-0.2, 0) is 19.1 Å². The van der Waals surface area contributed by atoms with Crippen molar-refractivity contribution in [1.82, 2.24) is 0 Å². The van der Waals surface area contributed by atoms with Crippen LogP contribution >= 0.6 is 0 Å². The van der Waals surface area contributed by atoms with Crippen LogP contribution in [-0.4, -0.2) is 24.5 Å². The van der Waals surface area contributed by atoms with Crippen molar-refractivity contribution in [2.45, 2.75) is 47.0 Å². The standard InChI is InChI=1S/C20H26O6/c1-6-20(4,5)19(23)26-16-11-9-15(10-12-16)25-17(21)8-7-13-24-18(22)14(2)3/h9-12H,2,6-8,13H2,1,3-5H3. The summed E-state index contributed by atoms with van der Waals surface area (Å²) in [7, 11) is 0. The van der Waals surface area contributed by atoms with Crippen molar-refractivity contribution in [3.8, 4) is 11.5 Å². The van der Waals surface area contributed by atoms with Gasteiger partial charge >= 0.3 is 17.9 Å². The van der Waals surface area contributed by atoms with Crippen LogP contribution in [0.1, 0.15) is 47.0 Å². The Morgan fingerprint density at radius 1 is 1.04 bits per heavy atom. The third-order valence-electron chi connectivity index (χ3n) is 3.81. The Morgan fingerprint density at radius 3 is 2.08 bits per heavy atom. The predicted octanol–water partition coefficient (Wildman–Crippen LogP) is 3.83. The Hall–Kier alpha value is -2.63. The van der Waals surface area contributed by atoms with Crippen LogP contribution < -0.4 is 9.47 Å². The summed E-state index contributed by atoms with van der Waals surface area (Å²) in [6.45, 7) is 10.7. The fourth-order valence-electron chi connectivity index (χ4n) is 1.65. The molecule has 0 saturated heterocycles. The minimum Gasteiger partial charge on any atom is -0.462 e. The molecule has 0 aliphatic heterocycles. The fourth-order valence-corrected chi connectivity index (χ4v) is 1.65. The van der Waals surface area contributed by atoms with E-state index < -0.39 is 17.4 Å². The first-order valence-electron chi connectivity index (χ1n) is 8.51. The summed E-state index contributed by atoms with van der Waals surface area (Å²) >= 11 is 0. The molecule has 1 aromatic rings. The lowest BCUT2D eigenvalue weighted by Crippen LogP contribution is -2.28. The van der Waals surface area contributed by atoms with Gasteiger partial charge in [-0.1, -0.05) is 13.5 Å². The molecule has 0 atom stereocenters. The molecule has 0 fully saturated rings. The van der Waals surface area contributed by atoms with Gasteiger partial charge in [0.2, 0.25) is 0 Å². The van der Waals surface area contributed by atoms with E-state index in [2.05, 4.69) is 6.58 Å². The maximum Gasteiger partial charge on any atom is 0.333 e. The van der Waals surface area contributed by atoms with Gasteiger partial charge in [-0.3, -0.25) is 9.59 Å². The Kier molecular flexibility index (Phi) is 8.03. The number of hydrogen-bond acceptors (Lipinski definition) is 6. The van der Waals surface area contributed by atoms with Crippen molar-refractivity contribution >= 4 is 17.9 Å². The van der Waals surface area contributed by atoms with E-state index in [0.717, 1.165) is 0 Å². The summed E-state index contributed by atoms with van der Waals surface area (Å²) in [5, 5.41) is 0. The number of esters is 3. The van der Waals surface area contributed by atoms with E-state index in [1.165, 1.54) is 0 Å². The van der Waals surface area contributed by atoms with Gasteiger partial charge in [-0.25, -0.2) is 4.79 Å². The molecule has 1 aromatic carbocycles. The molecule has 26 heavy (non-hydrogen) atoms. The number of carbonyl (C=O) groups excluding carboxylic acids is 3. The second-order valence-corrected chi connectivity index (χ2v) is 6.59. The number of rotatable bonds is 9. The van der Waals surface area contributed by atoms with Crippen LogP contribution in [0.4, 0.5) is 0 Å². The van der Waals surface area contributed by atoms with E-state index in [1.807, 2.05) is 20.8 Å². The minimum absolute atomic E-state index is 0.116. The van der Waals surface area contributed by atoms with Crippen molar-refractivity contribution in [3.63, 3.8) is 0 Å². The fraction of sp³-hybridized carbons (Fsp3) is 0.450. The highest BCUT2D eigenvalue weighted by atomic mass is 16.5. The summed E-state index contributed by atoms with van der Waals surface area (Å²) in [6, 6.07) is 6.25. The van der Waals surface area contributed by atoms with Gasteiger partial charge in [0.05, 0.1) is 12.0 Å². The minimum atomic E-state index is -0.557. The zero-order valence-corrected chi connectivity index (χ0v) is 15.8. The van der Waals surface area contributed by atoms with E-state index in [0.29, 0.717) is 29.9 Å². The summed E-state index contributed by atoms with van der Waals surface area (Å²) < 4.78 is 15.4. The number of ether oxygens (including phenoxy) is 3. The molecule has 6 heteroatoms. The molecule has 0 saturated carbocycles. The van der Waals surface area contributed by atoms with Crippen molar-refractivity contribution < 1.29 is 28.6 Å². The summed E-state index contributed by atoms with van der Waals surface area (Å²) in [4.78, 5) is 35.0. The highest BCUT2D eigenvalue weighted by Crippen LogP contribution is 2.25. The lowest BCUT2D eigenvalue weighted by molar-refractivity contribution is -0.144. The first-order valence-corrected chi connectivity index (χ1v) is 8.51. The molecular weight excluding hydrogens is 336 g/mol. The Morgan fingerprint density at radius 2 is 1.58 bits per heavy atom. The summed E-state index contributed by atoms with van der Waals surface area (Å²) in [6.07, 6.45) is 1.15. The van der Waals surface area contributed by atoms with E-state index in [-0.39, 0.29) is 19.0 Å². The molecule has 1 rings (SSSR count). The normalized spacial score (nSPS) is 10.8. The Labute approximate surface area is 154 Å². The van der Waals surface area contributed by atoms with E-state index in [1.54, 1.807) is 31.2 Å². The average molecular weight is 362 g/mol. The maximum atomic E-state index is 12.0. The van der Waals surface area contributed by atoms with Crippen molar-refractivity contribution in [1.29, 1.82) is 0 Å². The van der Waals surface area contributed by atoms with Crippen LogP contribution in [0, 0.1) is 5.41 Å². The zero-order valence-electron chi connectivity index (χ0n) is 15.8. The van der Waals surface area contributed by atoms with Gasteiger partial charge in [-0.15, -0.1) is 0 Å².